The fourth-order valence-corrected chi connectivity index (χ4v) is 2.65. The van der Waals surface area contributed by atoms with Crippen LogP contribution in [0.5, 0.6) is 11.5 Å². The molecule has 0 N–H and O–H groups in total. The SMILES string of the molecule is CCOc1cc(C(=O)O[C@@H](C)C#N)ccc1OCC(=O)N1CCCCC1. The van der Waals surface area contributed by atoms with Crippen LogP contribution in [-0.2, 0) is 9.53 Å². The Morgan fingerprint density at radius 1 is 1.19 bits per heavy atom. The Hall–Kier alpha value is -2.75. The van der Waals surface area contributed by atoms with E-state index in [1.54, 1.807) is 11.0 Å². The summed E-state index contributed by atoms with van der Waals surface area (Å²) in [5.74, 6) is 0.0783. The van der Waals surface area contributed by atoms with Crippen LogP contribution >= 0.6 is 0 Å². The summed E-state index contributed by atoms with van der Waals surface area (Å²) in [4.78, 5) is 26.1. The quantitative estimate of drug-likeness (QED) is 0.694. The third-order valence-corrected chi connectivity index (χ3v) is 4.00. The molecule has 0 saturated carbocycles. The normalized spacial score (nSPS) is 14.9. The van der Waals surface area contributed by atoms with Gasteiger partial charge in [-0.25, -0.2) is 4.79 Å². The second-order valence-electron chi connectivity index (χ2n) is 6.00. The lowest BCUT2D eigenvalue weighted by molar-refractivity contribution is -0.134. The van der Waals surface area contributed by atoms with Gasteiger partial charge < -0.3 is 19.1 Å². The summed E-state index contributed by atoms with van der Waals surface area (Å²) in [7, 11) is 0. The van der Waals surface area contributed by atoms with Crippen molar-refractivity contribution in [3.8, 4) is 17.6 Å². The van der Waals surface area contributed by atoms with E-state index in [9.17, 15) is 9.59 Å². The van der Waals surface area contributed by atoms with Crippen LogP contribution in [0.3, 0.4) is 0 Å². The Balaban J connectivity index is 2.04. The first kappa shape index (κ1) is 19.6. The molecule has 1 aliphatic rings. The third-order valence-electron chi connectivity index (χ3n) is 4.00. The van der Waals surface area contributed by atoms with Crippen molar-refractivity contribution in [3.63, 3.8) is 0 Å². The molecule has 2 rings (SSSR count). The summed E-state index contributed by atoms with van der Waals surface area (Å²) in [6.07, 6.45) is 2.36. The topological polar surface area (TPSA) is 88.9 Å². The molecular weight excluding hydrogens is 336 g/mol. The first-order valence-electron chi connectivity index (χ1n) is 8.83. The highest BCUT2D eigenvalue weighted by molar-refractivity contribution is 5.90. The largest absolute Gasteiger partial charge is 0.490 e. The zero-order chi connectivity index (χ0) is 18.9. The van der Waals surface area contributed by atoms with Crippen LogP contribution in [0, 0.1) is 11.3 Å². The lowest BCUT2D eigenvalue weighted by Gasteiger charge is -2.26. The van der Waals surface area contributed by atoms with Gasteiger partial charge in [0.1, 0.15) is 6.07 Å². The number of carbonyl (C=O) groups excluding carboxylic acids is 2. The molecule has 140 valence electrons. The molecule has 1 amide bonds. The molecule has 26 heavy (non-hydrogen) atoms. The van der Waals surface area contributed by atoms with Crippen LogP contribution < -0.4 is 9.47 Å². The molecule has 0 unspecified atom stereocenters. The monoisotopic (exact) mass is 360 g/mol. The van der Waals surface area contributed by atoms with Gasteiger partial charge in [0, 0.05) is 13.1 Å². The van der Waals surface area contributed by atoms with Gasteiger partial charge in [0.15, 0.2) is 24.2 Å². The van der Waals surface area contributed by atoms with Gasteiger partial charge >= 0.3 is 5.97 Å². The van der Waals surface area contributed by atoms with Crippen LogP contribution in [-0.4, -0.2) is 49.2 Å². The lowest BCUT2D eigenvalue weighted by Crippen LogP contribution is -2.38. The lowest BCUT2D eigenvalue weighted by atomic mass is 10.1. The molecule has 1 aromatic rings. The molecule has 0 radical (unpaired) electrons. The molecule has 1 heterocycles. The minimum Gasteiger partial charge on any atom is -0.490 e. The molecule has 0 bridgehead atoms. The van der Waals surface area contributed by atoms with Gasteiger partial charge in [-0.05, 0) is 51.3 Å². The maximum absolute atomic E-state index is 12.2. The van der Waals surface area contributed by atoms with Crippen molar-refractivity contribution in [3.05, 3.63) is 23.8 Å². The van der Waals surface area contributed by atoms with Crippen molar-refractivity contribution in [1.82, 2.24) is 4.90 Å². The summed E-state index contributed by atoms with van der Waals surface area (Å²) >= 11 is 0. The molecule has 7 heteroatoms. The van der Waals surface area contributed by atoms with Gasteiger partial charge in [-0.15, -0.1) is 0 Å². The van der Waals surface area contributed by atoms with Crippen molar-refractivity contribution in [2.45, 2.75) is 39.2 Å². The average Bonchev–Trinajstić information content (AvgIpc) is 2.67. The molecule has 1 atom stereocenters. The minimum absolute atomic E-state index is 0.0570. The molecule has 0 aromatic heterocycles. The first-order chi connectivity index (χ1) is 12.5. The van der Waals surface area contributed by atoms with Gasteiger partial charge in [0.25, 0.3) is 5.91 Å². The van der Waals surface area contributed by atoms with E-state index in [0.717, 1.165) is 32.4 Å². The fraction of sp³-hybridized carbons (Fsp3) is 0.526. The predicted octanol–water partition coefficient (Wildman–Crippen LogP) is 2.55. The maximum Gasteiger partial charge on any atom is 0.339 e. The van der Waals surface area contributed by atoms with Crippen molar-refractivity contribution in [1.29, 1.82) is 5.26 Å². The summed E-state index contributed by atoms with van der Waals surface area (Å²) in [6, 6.07) is 6.43. The number of hydrogen-bond acceptors (Lipinski definition) is 6. The number of hydrogen-bond donors (Lipinski definition) is 0. The van der Waals surface area contributed by atoms with E-state index in [1.807, 2.05) is 13.0 Å². The Morgan fingerprint density at radius 3 is 2.58 bits per heavy atom. The van der Waals surface area contributed by atoms with Crippen LogP contribution in [0.4, 0.5) is 0 Å². The van der Waals surface area contributed by atoms with E-state index in [4.69, 9.17) is 19.5 Å². The smallest absolute Gasteiger partial charge is 0.339 e. The first-order valence-corrected chi connectivity index (χ1v) is 8.83. The molecule has 0 spiro atoms. The highest BCUT2D eigenvalue weighted by Crippen LogP contribution is 2.29. The molecular formula is C19H24N2O5. The second-order valence-corrected chi connectivity index (χ2v) is 6.00. The number of esters is 1. The van der Waals surface area contributed by atoms with E-state index >= 15 is 0 Å². The Kier molecular flexibility index (Phi) is 7.27. The zero-order valence-corrected chi connectivity index (χ0v) is 15.2. The Morgan fingerprint density at radius 2 is 1.92 bits per heavy atom. The van der Waals surface area contributed by atoms with Gasteiger partial charge in [0.05, 0.1) is 12.2 Å². The number of nitriles is 1. The Bertz CT molecular complexity index is 677. The predicted molar refractivity (Wildman–Crippen MR) is 94.0 cm³/mol. The number of rotatable bonds is 7. The van der Waals surface area contributed by atoms with E-state index in [-0.39, 0.29) is 18.1 Å². The molecule has 1 saturated heterocycles. The standard InChI is InChI=1S/C19H24N2O5/c1-3-24-17-11-15(19(23)26-14(2)12-20)7-8-16(17)25-13-18(22)21-9-5-4-6-10-21/h7-8,11,14H,3-6,9-10,13H2,1-2H3/t14-/m0/s1. The highest BCUT2D eigenvalue weighted by Gasteiger charge is 2.19. The zero-order valence-electron chi connectivity index (χ0n) is 15.2. The van der Waals surface area contributed by atoms with Crippen molar-refractivity contribution >= 4 is 11.9 Å². The molecule has 1 aromatic carbocycles. The number of likely N-dealkylation sites (tertiary alicyclic amines) is 1. The summed E-state index contributed by atoms with van der Waals surface area (Å²) < 4.78 is 16.1. The number of benzene rings is 1. The van der Waals surface area contributed by atoms with Crippen LogP contribution in [0.15, 0.2) is 18.2 Å². The maximum atomic E-state index is 12.2. The third kappa shape index (κ3) is 5.38. The van der Waals surface area contributed by atoms with Crippen LogP contribution in [0.25, 0.3) is 0 Å². The van der Waals surface area contributed by atoms with E-state index < -0.39 is 12.1 Å². The number of amides is 1. The molecule has 1 fully saturated rings. The van der Waals surface area contributed by atoms with Crippen LogP contribution in [0.1, 0.15) is 43.5 Å². The molecule has 7 nitrogen and oxygen atoms in total. The number of piperidine rings is 1. The van der Waals surface area contributed by atoms with E-state index in [1.165, 1.54) is 19.1 Å². The number of ether oxygens (including phenoxy) is 3. The van der Waals surface area contributed by atoms with E-state index in [2.05, 4.69) is 0 Å². The number of carbonyl (C=O) groups is 2. The Labute approximate surface area is 153 Å². The van der Waals surface area contributed by atoms with Gasteiger partial charge in [-0.2, -0.15) is 5.26 Å². The minimum atomic E-state index is -0.837. The van der Waals surface area contributed by atoms with Crippen LogP contribution in [0.2, 0.25) is 0 Å². The van der Waals surface area contributed by atoms with Gasteiger partial charge in [0.2, 0.25) is 0 Å². The molecule has 0 aliphatic carbocycles. The fourth-order valence-electron chi connectivity index (χ4n) is 2.65. The summed E-state index contributed by atoms with van der Waals surface area (Å²) in [5.41, 5.74) is 0.255. The van der Waals surface area contributed by atoms with E-state index in [0.29, 0.717) is 18.1 Å². The van der Waals surface area contributed by atoms with Crippen molar-refractivity contribution in [2.75, 3.05) is 26.3 Å². The summed E-state index contributed by atoms with van der Waals surface area (Å²) in [5, 5.41) is 8.74. The second kappa shape index (κ2) is 9.66. The summed E-state index contributed by atoms with van der Waals surface area (Å²) in [6.45, 7) is 5.14. The number of nitrogens with zero attached hydrogens (tertiary/aromatic N) is 2. The van der Waals surface area contributed by atoms with Crippen molar-refractivity contribution < 1.29 is 23.8 Å². The van der Waals surface area contributed by atoms with Crippen molar-refractivity contribution in [2.24, 2.45) is 0 Å². The average molecular weight is 360 g/mol. The highest BCUT2D eigenvalue weighted by atomic mass is 16.5. The van der Waals surface area contributed by atoms with Gasteiger partial charge in [-0.1, -0.05) is 0 Å². The van der Waals surface area contributed by atoms with Gasteiger partial charge in [-0.3, -0.25) is 4.79 Å². The molecule has 1 aliphatic heterocycles.